The average molecular weight is 1970 g/mol. The van der Waals surface area contributed by atoms with Crippen molar-refractivity contribution in [3.63, 3.8) is 0 Å². The Bertz CT molecular complexity index is 7220. The van der Waals surface area contributed by atoms with Gasteiger partial charge >= 0.3 is 0 Å². The lowest BCUT2D eigenvalue weighted by Gasteiger charge is -2.16. The Morgan fingerprint density at radius 1 is 0.389 bits per heavy atom. The minimum atomic E-state index is -3.56. The van der Waals surface area contributed by atoms with Gasteiger partial charge in [-0.15, -0.1) is 0 Å². The number of hydrogen-bond donors (Lipinski definition) is 14. The van der Waals surface area contributed by atoms with Gasteiger partial charge in [0.05, 0.1) is 79.4 Å². The molecule has 0 saturated carbocycles. The van der Waals surface area contributed by atoms with Gasteiger partial charge in [-0.3, -0.25) is 69.7 Å². The number of nitrogens with one attached hydrogen (secondary N) is 9. The fourth-order valence-electron chi connectivity index (χ4n) is 15.8. The van der Waals surface area contributed by atoms with E-state index in [1.165, 1.54) is 85.0 Å². The summed E-state index contributed by atoms with van der Waals surface area (Å²) in [6, 6.07) is 71.6. The maximum Gasteiger partial charge on any atom is 0.267 e. The monoisotopic (exact) mass is 1970 g/mol. The zero-order valence-corrected chi connectivity index (χ0v) is 80.5. The first-order chi connectivity index (χ1) is 69.8. The summed E-state index contributed by atoms with van der Waals surface area (Å²) in [5, 5.41) is 51.4. The molecule has 0 bridgehead atoms. The molecule has 16 rings (SSSR count). The number of hydroxylamine groups is 5. The van der Waals surface area contributed by atoms with Crippen LogP contribution in [0.15, 0.2) is 272 Å². The second-order valence-electron chi connectivity index (χ2n) is 32.8. The quantitative estimate of drug-likeness (QED) is 0.00977. The summed E-state index contributed by atoms with van der Waals surface area (Å²) in [4.78, 5) is 118. The van der Waals surface area contributed by atoms with E-state index in [1.807, 2.05) is 162 Å². The normalized spacial score (nSPS) is 12.0. The largest absolute Gasteiger partial charge is 0.484 e. The Hall–Kier alpha value is -16.6. The number of rotatable bonds is 37. The number of imidazole rings is 5. The highest BCUT2D eigenvalue weighted by Gasteiger charge is 2.21. The molecule has 1 saturated heterocycles. The molecule has 36 nitrogen and oxygen atoms in total. The van der Waals surface area contributed by atoms with Gasteiger partial charge in [-0.05, 0) is 225 Å². The minimum Gasteiger partial charge on any atom is -0.484 e. The Balaban J connectivity index is 0.000000160. The second kappa shape index (κ2) is 53.7. The summed E-state index contributed by atoms with van der Waals surface area (Å²) < 4.78 is 55.9. The van der Waals surface area contributed by atoms with E-state index in [0.29, 0.717) is 61.9 Å². The van der Waals surface area contributed by atoms with Gasteiger partial charge in [0, 0.05) is 103 Å². The molecule has 6 heterocycles. The van der Waals surface area contributed by atoms with Crippen molar-refractivity contribution in [1.29, 1.82) is 0 Å². The average Bonchev–Trinajstić information content (AvgIpc) is 1.65. The number of carbonyl (C=O) groups excluding carboxylic acids is 8. The number of carbonyl (C=O) groups is 8. The number of aromatic nitrogens is 10. The van der Waals surface area contributed by atoms with Crippen LogP contribution in [0.2, 0.25) is 0 Å². The van der Waals surface area contributed by atoms with Crippen molar-refractivity contribution in [1.82, 2.24) is 95.4 Å². The molecule has 746 valence electrons. The SMILES string of the molecule is CCn1c(CCNC(=O)Cc2ccccc2)nc2cc(/C=C/C(=O)NO)ccc21.CCn1c(CCNS(=O)(=O)c2ccccc2)nc2cc(/C=C/C(=O)NO)ccc21.CCn1c(NC(=O)COc2ccccc2)nc2cc(/C=C/C(=O)NO)ccc21.Cn1c(CNC(=O)Cc2ccc(F)cc2)nc2cc(/C=C/C(=O)NO)ccc21.O=C(/C=C/c1ccc2c(c1)nc(CCc1ccccc1)n2CCN1CCCC1)NO. The zero-order valence-electron chi connectivity index (χ0n) is 79.7. The third-order valence-electron chi connectivity index (χ3n) is 22.9. The first-order valence-corrected chi connectivity index (χ1v) is 48.0. The van der Waals surface area contributed by atoms with E-state index in [1.54, 1.807) is 114 Å². The minimum absolute atomic E-state index is 0.00931. The molecule has 5 aromatic heterocycles. The molecule has 144 heavy (non-hydrogen) atoms. The van der Waals surface area contributed by atoms with E-state index in [4.69, 9.17) is 40.7 Å². The Kier molecular flexibility index (Phi) is 39.6. The predicted molar refractivity (Wildman–Crippen MR) is 546 cm³/mol. The fraction of sp³-hybridized carbons (Fsp3) is 0.217. The molecule has 15 aromatic rings. The number of aryl methyl sites for hydroxylation is 6. The lowest BCUT2D eigenvalue weighted by molar-refractivity contribution is -0.124. The number of nitrogens with zero attached hydrogens (tertiary/aromatic N) is 11. The molecule has 0 atom stereocenters. The first-order valence-electron chi connectivity index (χ1n) is 46.5. The standard InChI is InChI=1S/C24H28N4O2.C22H24N4O3.C20H19FN4O3.C20H22N4O4S.C20H20N4O4/c29-24(26-30)13-10-20-8-11-22-21(18-20)25-23(12-9-19-6-2-1-3-7-19)28(22)17-16-27-14-4-5-15-27;1-2-26-19-10-8-17(9-11-21(27)25-29)14-18(19)24-20(26)12-13-23-22(28)15-16-6-4-3-5-7-16;1-25-17-8-4-13(5-9-19(26)24-28)10-16(17)23-18(25)12-22-20(27)11-14-2-6-15(21)7-3-14;1-2-24-18-10-8-15(9-11-20(25)23-26)14-17(18)22-19(24)12-13-21-29(27,28)16-6-4-3-5-7-16;1-2-24-17-10-8-14(9-11-18(25)23-27)12-16(17)21-20(24)22-19(26)13-28-15-6-4-3-5-7-15/h1-3,6-8,10-11,13,18,30H,4-5,9,12,14-17H2,(H,26,29);3-11,14,29H,2,12-13,15H2,1H3,(H,23,28)(H,25,27);2-10,28H,11-12H2,1H3,(H,22,27)(H,24,26);3-11,14,21,26H,2,12-13H2,1H3,(H,23,25);3-12,27H,2,13H2,1H3,(H,23,25)(H,21,22,26)/b13-10+;11-9+;9-5+;2*11-9+. The van der Waals surface area contributed by atoms with Crippen LogP contribution in [-0.4, -0.2) is 174 Å². The molecule has 1 fully saturated rings. The van der Waals surface area contributed by atoms with Gasteiger partial charge in [0.2, 0.25) is 27.8 Å². The molecule has 1 aliphatic heterocycles. The number of benzene rings is 10. The highest BCUT2D eigenvalue weighted by Crippen LogP contribution is 2.28. The number of sulfonamides is 1. The number of fused-ring (bicyclic) bond motifs is 5. The van der Waals surface area contributed by atoms with E-state index >= 15 is 0 Å². The first kappa shape index (κ1) is 106. The van der Waals surface area contributed by atoms with Crippen LogP contribution in [-0.2, 0) is 127 Å². The molecular weight excluding hydrogens is 1860 g/mol. The highest BCUT2D eigenvalue weighted by molar-refractivity contribution is 7.89. The number of halogens is 1. The van der Waals surface area contributed by atoms with Gasteiger partial charge in [0.1, 0.15) is 34.9 Å². The summed E-state index contributed by atoms with van der Waals surface area (Å²) in [7, 11) is -1.71. The van der Waals surface area contributed by atoms with Crippen LogP contribution in [0.25, 0.3) is 85.5 Å². The van der Waals surface area contributed by atoms with E-state index in [-0.39, 0.29) is 54.6 Å². The Morgan fingerprint density at radius 2 is 0.764 bits per heavy atom. The van der Waals surface area contributed by atoms with E-state index in [9.17, 15) is 51.2 Å². The molecule has 8 amide bonds. The summed E-state index contributed by atoms with van der Waals surface area (Å²) in [6.45, 7) is 13.3. The maximum absolute atomic E-state index is 12.9. The van der Waals surface area contributed by atoms with Gasteiger partial charge in [-0.25, -0.2) is 69.9 Å². The topological polar surface area (TPSA) is 482 Å². The number of ether oxygens (including phenoxy) is 1. The van der Waals surface area contributed by atoms with E-state index in [2.05, 4.69) is 86.9 Å². The van der Waals surface area contributed by atoms with Crippen molar-refractivity contribution < 1.29 is 81.9 Å². The highest BCUT2D eigenvalue weighted by atomic mass is 32.2. The van der Waals surface area contributed by atoms with E-state index in [0.717, 1.165) is 139 Å². The van der Waals surface area contributed by atoms with Gasteiger partial charge < -0.3 is 43.1 Å². The molecule has 0 unspecified atom stereocenters. The van der Waals surface area contributed by atoms with Crippen LogP contribution >= 0.6 is 0 Å². The number of amides is 8. The van der Waals surface area contributed by atoms with Crippen molar-refractivity contribution in [2.45, 2.75) is 110 Å². The zero-order chi connectivity index (χ0) is 102. The summed E-state index contributed by atoms with van der Waals surface area (Å²) >= 11 is 0. The number of likely N-dealkylation sites (tertiary alicyclic amines) is 1. The summed E-state index contributed by atoms with van der Waals surface area (Å²) in [5.41, 5.74) is 23.4. The molecule has 0 aliphatic carbocycles. The number of anilines is 1. The molecule has 0 spiro atoms. The maximum atomic E-state index is 12.9. The van der Waals surface area contributed by atoms with Crippen molar-refractivity contribution in [2.24, 2.45) is 7.05 Å². The lowest BCUT2D eigenvalue weighted by Crippen LogP contribution is -2.27. The second-order valence-corrected chi connectivity index (χ2v) is 34.5. The number of para-hydroxylation sites is 1. The molecular formula is C106H113FN20O16S. The lowest BCUT2D eigenvalue weighted by atomic mass is 10.1. The predicted octanol–water partition coefficient (Wildman–Crippen LogP) is 12.7. The smallest absolute Gasteiger partial charge is 0.267 e. The van der Waals surface area contributed by atoms with Crippen LogP contribution < -0.4 is 52.8 Å². The molecule has 1 aliphatic rings. The van der Waals surface area contributed by atoms with Crippen LogP contribution in [0, 0.1) is 5.82 Å². The third kappa shape index (κ3) is 31.2. The summed E-state index contributed by atoms with van der Waals surface area (Å²) in [5.74, 6) is 0.658. The number of hydrogen-bond acceptors (Lipinski definition) is 22. The molecule has 38 heteroatoms. The van der Waals surface area contributed by atoms with Crippen LogP contribution in [0.5, 0.6) is 5.75 Å². The van der Waals surface area contributed by atoms with Gasteiger partial charge in [0.15, 0.2) is 6.61 Å². The van der Waals surface area contributed by atoms with Crippen molar-refractivity contribution in [3.8, 4) is 5.75 Å². The van der Waals surface area contributed by atoms with Crippen molar-refractivity contribution in [2.75, 3.05) is 44.6 Å². The van der Waals surface area contributed by atoms with Gasteiger partial charge in [0.25, 0.3) is 35.4 Å². The van der Waals surface area contributed by atoms with Crippen LogP contribution in [0.1, 0.15) is 101 Å². The van der Waals surface area contributed by atoms with Gasteiger partial charge in [-0.1, -0.05) is 140 Å². The fourth-order valence-corrected chi connectivity index (χ4v) is 16.9. The molecule has 14 N–H and O–H groups in total. The van der Waals surface area contributed by atoms with Crippen molar-refractivity contribution in [3.05, 3.63) is 341 Å². The van der Waals surface area contributed by atoms with Crippen LogP contribution in [0.4, 0.5) is 10.3 Å². The third-order valence-corrected chi connectivity index (χ3v) is 24.4. The summed E-state index contributed by atoms with van der Waals surface area (Å²) in [6.07, 6.45) is 20.2. The van der Waals surface area contributed by atoms with Crippen LogP contribution in [0.3, 0.4) is 0 Å². The van der Waals surface area contributed by atoms with E-state index < -0.39 is 39.6 Å². The van der Waals surface area contributed by atoms with Gasteiger partial charge in [-0.2, -0.15) is 0 Å². The molecule has 0 radical (unpaired) electrons. The molecule has 10 aromatic carbocycles. The Morgan fingerprint density at radius 3 is 1.22 bits per heavy atom. The Labute approximate surface area is 829 Å². The van der Waals surface area contributed by atoms with Crippen molar-refractivity contribution >= 4 is 149 Å².